The summed E-state index contributed by atoms with van der Waals surface area (Å²) in [6.07, 6.45) is 6.19. The fourth-order valence-corrected chi connectivity index (χ4v) is 2.43. The van der Waals surface area contributed by atoms with Gasteiger partial charge >= 0.3 is 0 Å². The number of benzene rings is 1. The lowest BCUT2D eigenvalue weighted by Crippen LogP contribution is -1.74. The third-order valence-corrected chi connectivity index (χ3v) is 4.00. The van der Waals surface area contributed by atoms with Gasteiger partial charge in [-0.25, -0.2) is 0 Å². The number of hydrogen-bond donors (Lipinski definition) is 0. The van der Waals surface area contributed by atoms with Crippen molar-refractivity contribution in [2.75, 3.05) is 0 Å². The van der Waals surface area contributed by atoms with Crippen LogP contribution in [0.25, 0.3) is 0 Å². The van der Waals surface area contributed by atoms with Crippen molar-refractivity contribution < 1.29 is 0 Å². The smallest absolute Gasteiger partial charge is 0.0345 e. The number of rotatable bonds is 5. The van der Waals surface area contributed by atoms with Gasteiger partial charge in [-0.1, -0.05) is 44.2 Å². The van der Waals surface area contributed by atoms with Crippen molar-refractivity contribution in [1.82, 2.24) is 0 Å². The minimum Gasteiger partial charge on any atom is -0.0909 e. The summed E-state index contributed by atoms with van der Waals surface area (Å²) in [6.45, 7) is 2.23. The highest BCUT2D eigenvalue weighted by atomic mass is 79.9. The first-order valence-electron chi connectivity index (χ1n) is 5.74. The second-order valence-electron chi connectivity index (χ2n) is 3.62. The molecule has 0 spiro atoms. The molecule has 0 radical (unpaired) electrons. The Bertz CT molecular complexity index is 362. The van der Waals surface area contributed by atoms with E-state index in [0.717, 1.165) is 10.9 Å². The van der Waals surface area contributed by atoms with Gasteiger partial charge < -0.3 is 0 Å². The topological polar surface area (TPSA) is 0 Å². The molecule has 0 aliphatic rings. The molecule has 16 heavy (non-hydrogen) atoms. The summed E-state index contributed by atoms with van der Waals surface area (Å²) in [5, 5.41) is 3.16. The first-order valence-corrected chi connectivity index (χ1v) is 7.34. The van der Waals surface area contributed by atoms with Crippen molar-refractivity contribution in [3.05, 3.63) is 28.7 Å². The lowest BCUT2D eigenvalue weighted by atomic mass is 10.2. The molecule has 1 rings (SSSR count). The molecule has 0 aliphatic carbocycles. The van der Waals surface area contributed by atoms with Crippen molar-refractivity contribution in [3.8, 4) is 11.2 Å². The quantitative estimate of drug-likeness (QED) is 0.394. The van der Waals surface area contributed by atoms with Crippen LogP contribution >= 0.6 is 27.7 Å². The Morgan fingerprint density at radius 2 is 2.00 bits per heavy atom. The highest BCUT2D eigenvalue weighted by molar-refractivity contribution is 9.10. The standard InChI is InChI=1S/C14H17BrS/c1-2-3-4-5-6-9-12-16-14-11-8-7-10-13(14)15/h7-8,10-11H,2-6H2,1H3. The number of unbranched alkanes of at least 4 members (excludes halogenated alkanes) is 4. The molecule has 2 heteroatoms. The van der Waals surface area contributed by atoms with Gasteiger partial charge in [0.1, 0.15) is 0 Å². The van der Waals surface area contributed by atoms with E-state index in [2.05, 4.69) is 40.1 Å². The molecule has 0 saturated carbocycles. The second-order valence-corrected chi connectivity index (χ2v) is 5.32. The van der Waals surface area contributed by atoms with Gasteiger partial charge in [-0.15, -0.1) is 0 Å². The highest BCUT2D eigenvalue weighted by Crippen LogP contribution is 2.25. The molecule has 0 aromatic heterocycles. The third kappa shape index (κ3) is 5.63. The van der Waals surface area contributed by atoms with Crippen LogP contribution in [0.3, 0.4) is 0 Å². The average Bonchev–Trinajstić information content (AvgIpc) is 2.30. The maximum Gasteiger partial charge on any atom is 0.0345 e. The summed E-state index contributed by atoms with van der Waals surface area (Å²) in [6, 6.07) is 8.19. The van der Waals surface area contributed by atoms with Crippen molar-refractivity contribution in [3.63, 3.8) is 0 Å². The Hall–Kier alpha value is -0.390. The monoisotopic (exact) mass is 296 g/mol. The minimum absolute atomic E-state index is 1.03. The van der Waals surface area contributed by atoms with Gasteiger partial charge in [0.25, 0.3) is 0 Å². The van der Waals surface area contributed by atoms with Crippen molar-refractivity contribution in [2.45, 2.75) is 43.9 Å². The average molecular weight is 297 g/mol. The normalized spacial score (nSPS) is 9.62. The molecular formula is C14H17BrS. The summed E-state index contributed by atoms with van der Waals surface area (Å²) >= 11 is 5.11. The Morgan fingerprint density at radius 3 is 2.75 bits per heavy atom. The molecule has 86 valence electrons. The van der Waals surface area contributed by atoms with Crippen LogP contribution in [0, 0.1) is 11.2 Å². The number of halogens is 1. The van der Waals surface area contributed by atoms with Crippen LogP contribution in [-0.4, -0.2) is 0 Å². The van der Waals surface area contributed by atoms with Crippen LogP contribution in [0.5, 0.6) is 0 Å². The van der Waals surface area contributed by atoms with Gasteiger partial charge in [-0.05, 0) is 51.5 Å². The van der Waals surface area contributed by atoms with Gasteiger partial charge in [-0.2, -0.15) is 0 Å². The maximum atomic E-state index is 3.51. The van der Waals surface area contributed by atoms with Crippen molar-refractivity contribution in [2.24, 2.45) is 0 Å². The molecule has 0 aliphatic heterocycles. The van der Waals surface area contributed by atoms with Crippen molar-refractivity contribution >= 4 is 27.7 Å². The second kappa shape index (κ2) is 8.73. The maximum absolute atomic E-state index is 3.51. The molecule has 1 aromatic rings. The first-order chi connectivity index (χ1) is 7.84. The van der Waals surface area contributed by atoms with E-state index in [-0.39, 0.29) is 0 Å². The van der Waals surface area contributed by atoms with Gasteiger partial charge in [0.05, 0.1) is 0 Å². The lowest BCUT2D eigenvalue weighted by Gasteiger charge is -1.96. The predicted molar refractivity (Wildman–Crippen MR) is 76.5 cm³/mol. The third-order valence-electron chi connectivity index (χ3n) is 2.23. The molecular weight excluding hydrogens is 280 g/mol. The van der Waals surface area contributed by atoms with E-state index in [1.807, 2.05) is 18.2 Å². The van der Waals surface area contributed by atoms with E-state index >= 15 is 0 Å². The van der Waals surface area contributed by atoms with Crippen LogP contribution in [0.15, 0.2) is 33.6 Å². The molecule has 0 nitrogen and oxygen atoms in total. The fourth-order valence-electron chi connectivity index (χ4n) is 1.31. The summed E-state index contributed by atoms with van der Waals surface area (Å²) in [4.78, 5) is 1.20. The minimum atomic E-state index is 1.03. The van der Waals surface area contributed by atoms with E-state index in [0.29, 0.717) is 0 Å². The van der Waals surface area contributed by atoms with E-state index in [4.69, 9.17) is 0 Å². The zero-order valence-corrected chi connectivity index (χ0v) is 12.0. The molecule has 0 fully saturated rings. The molecule has 0 saturated heterocycles. The van der Waals surface area contributed by atoms with Crippen LogP contribution < -0.4 is 0 Å². The number of thioether (sulfide) groups is 1. The Balaban J connectivity index is 2.24. The van der Waals surface area contributed by atoms with E-state index in [1.165, 1.54) is 30.6 Å². The molecule has 0 unspecified atom stereocenters. The summed E-state index contributed by atoms with van der Waals surface area (Å²) < 4.78 is 1.13. The zero-order valence-electron chi connectivity index (χ0n) is 9.63. The van der Waals surface area contributed by atoms with Crippen LogP contribution in [0.1, 0.15) is 39.0 Å². The SMILES string of the molecule is CCCCCCC#CSc1ccccc1Br. The molecule has 1 aromatic carbocycles. The molecule has 0 atom stereocenters. The van der Waals surface area contributed by atoms with Gasteiger partial charge in [0.2, 0.25) is 0 Å². The molecule has 0 heterocycles. The summed E-state index contributed by atoms with van der Waals surface area (Å²) in [5.74, 6) is 3.21. The molecule has 0 N–H and O–H groups in total. The highest BCUT2D eigenvalue weighted by Gasteiger charge is 1.95. The van der Waals surface area contributed by atoms with E-state index in [9.17, 15) is 0 Å². The first kappa shape index (κ1) is 13.7. The van der Waals surface area contributed by atoms with Gasteiger partial charge in [0, 0.05) is 15.8 Å². The lowest BCUT2D eigenvalue weighted by molar-refractivity contribution is 0.680. The molecule has 0 amide bonds. The zero-order chi connectivity index (χ0) is 11.6. The summed E-state index contributed by atoms with van der Waals surface area (Å²) in [7, 11) is 0. The van der Waals surface area contributed by atoms with Crippen LogP contribution in [0.4, 0.5) is 0 Å². The van der Waals surface area contributed by atoms with Gasteiger partial charge in [0.15, 0.2) is 0 Å². The van der Waals surface area contributed by atoms with Crippen LogP contribution in [0.2, 0.25) is 0 Å². The Labute approximate surface area is 111 Å². The molecule has 0 bridgehead atoms. The Morgan fingerprint density at radius 1 is 1.19 bits per heavy atom. The Kier molecular flexibility index (Phi) is 7.46. The van der Waals surface area contributed by atoms with Crippen LogP contribution in [-0.2, 0) is 0 Å². The van der Waals surface area contributed by atoms with E-state index in [1.54, 1.807) is 11.8 Å². The van der Waals surface area contributed by atoms with Crippen molar-refractivity contribution in [1.29, 1.82) is 0 Å². The van der Waals surface area contributed by atoms with Gasteiger partial charge in [-0.3, -0.25) is 0 Å². The number of hydrogen-bond acceptors (Lipinski definition) is 1. The summed E-state index contributed by atoms with van der Waals surface area (Å²) in [5.41, 5.74) is 0. The largest absolute Gasteiger partial charge is 0.0909 e. The predicted octanol–water partition coefficient (Wildman–Crippen LogP) is 5.47. The fraction of sp³-hybridized carbons (Fsp3) is 0.429. The van der Waals surface area contributed by atoms with E-state index < -0.39 is 0 Å².